The fraction of sp³-hybridized carbons (Fsp3) is 0. The summed E-state index contributed by atoms with van der Waals surface area (Å²) in [5, 5.41) is 12.3. The molecule has 0 bridgehead atoms. The lowest BCUT2D eigenvalue weighted by Gasteiger charge is -2.20. The van der Waals surface area contributed by atoms with E-state index in [1.807, 2.05) is 6.07 Å². The van der Waals surface area contributed by atoms with Crippen molar-refractivity contribution in [2.45, 2.75) is 0 Å². The van der Waals surface area contributed by atoms with Crippen LogP contribution in [0.25, 0.3) is 126 Å². The second-order valence-electron chi connectivity index (χ2n) is 15.9. The highest BCUT2D eigenvalue weighted by Crippen LogP contribution is 2.47. The van der Waals surface area contributed by atoms with Crippen molar-refractivity contribution < 1.29 is 4.42 Å². The summed E-state index contributed by atoms with van der Waals surface area (Å²) in [7, 11) is 0. The van der Waals surface area contributed by atoms with Gasteiger partial charge in [-0.3, -0.25) is 0 Å². The highest BCUT2D eigenvalue weighted by atomic mass is 16.3. The van der Waals surface area contributed by atoms with Crippen molar-refractivity contribution in [1.29, 1.82) is 0 Å². The van der Waals surface area contributed by atoms with E-state index >= 15 is 0 Å². The molecule has 0 aliphatic heterocycles. The van der Waals surface area contributed by atoms with Crippen LogP contribution in [-0.2, 0) is 0 Å². The molecule has 11 aromatic carbocycles. The highest BCUT2D eigenvalue weighted by molar-refractivity contribution is 6.28. The zero-order valence-electron chi connectivity index (χ0n) is 32.6. The Balaban J connectivity index is 1.00. The molecule has 0 atom stereocenters. The number of furan rings is 1. The first kappa shape index (κ1) is 33.1. The van der Waals surface area contributed by atoms with E-state index in [9.17, 15) is 0 Å². The SMILES string of the molecule is c1ccc(-c2cccc(-c3ccccc3)c2-c2ccc3ccc4c(-c5ccc(-n6c7ccccc7c7ccc8c9ccccc9oc8c76)cc5)ccc5ccc2c3c54)cc1. The van der Waals surface area contributed by atoms with Crippen LogP contribution in [0.5, 0.6) is 0 Å². The smallest absolute Gasteiger partial charge is 0.160 e. The van der Waals surface area contributed by atoms with Crippen LogP contribution < -0.4 is 0 Å². The maximum Gasteiger partial charge on any atom is 0.160 e. The Bertz CT molecular complexity index is 3740. The van der Waals surface area contributed by atoms with Gasteiger partial charge in [0.05, 0.1) is 11.0 Å². The molecular formula is C58H35NO. The maximum atomic E-state index is 6.63. The van der Waals surface area contributed by atoms with Crippen LogP contribution in [0.15, 0.2) is 217 Å². The number of para-hydroxylation sites is 2. The van der Waals surface area contributed by atoms with Crippen molar-refractivity contribution in [3.05, 3.63) is 212 Å². The van der Waals surface area contributed by atoms with E-state index < -0.39 is 0 Å². The van der Waals surface area contributed by atoms with Gasteiger partial charge in [0.2, 0.25) is 0 Å². The Kier molecular flexibility index (Phi) is 7.05. The third kappa shape index (κ3) is 4.76. The second kappa shape index (κ2) is 12.8. The Hall–Kier alpha value is -7.94. The number of rotatable bonds is 5. The molecule has 0 saturated heterocycles. The van der Waals surface area contributed by atoms with Gasteiger partial charge in [-0.1, -0.05) is 182 Å². The molecule has 2 aromatic heterocycles. The molecule has 0 aliphatic rings. The van der Waals surface area contributed by atoms with Gasteiger partial charge in [-0.05, 0) is 107 Å². The van der Waals surface area contributed by atoms with Gasteiger partial charge in [0.15, 0.2) is 5.58 Å². The summed E-state index contributed by atoms with van der Waals surface area (Å²) in [5.41, 5.74) is 15.0. The quantitative estimate of drug-likeness (QED) is 0.160. The van der Waals surface area contributed by atoms with Gasteiger partial charge in [-0.15, -0.1) is 0 Å². The Labute approximate surface area is 346 Å². The molecule has 0 unspecified atom stereocenters. The lowest BCUT2D eigenvalue weighted by molar-refractivity contribution is 0.671. The first-order chi connectivity index (χ1) is 29.8. The highest BCUT2D eigenvalue weighted by Gasteiger charge is 2.21. The van der Waals surface area contributed by atoms with Gasteiger partial charge in [0, 0.05) is 27.2 Å². The van der Waals surface area contributed by atoms with E-state index in [1.165, 1.54) is 87.6 Å². The number of fused-ring (bicyclic) bond motifs is 7. The number of hydrogen-bond donors (Lipinski definition) is 0. The van der Waals surface area contributed by atoms with E-state index in [2.05, 4.69) is 211 Å². The molecule has 2 heteroatoms. The topological polar surface area (TPSA) is 18.1 Å². The lowest BCUT2D eigenvalue weighted by Crippen LogP contribution is -1.95. The van der Waals surface area contributed by atoms with Gasteiger partial charge in [0.25, 0.3) is 0 Å². The lowest BCUT2D eigenvalue weighted by atomic mass is 9.83. The fourth-order valence-corrected chi connectivity index (χ4v) is 10.1. The van der Waals surface area contributed by atoms with Gasteiger partial charge in [-0.2, -0.15) is 0 Å². The summed E-state index contributed by atoms with van der Waals surface area (Å²) in [5.74, 6) is 0. The molecule has 0 fully saturated rings. The predicted molar refractivity (Wildman–Crippen MR) is 254 cm³/mol. The van der Waals surface area contributed by atoms with Crippen LogP contribution in [0.1, 0.15) is 0 Å². The Morgan fingerprint density at radius 1 is 0.317 bits per heavy atom. The monoisotopic (exact) mass is 761 g/mol. The molecule has 0 N–H and O–H groups in total. The average molecular weight is 762 g/mol. The van der Waals surface area contributed by atoms with Gasteiger partial charge in [-0.25, -0.2) is 0 Å². The number of benzene rings is 11. The van der Waals surface area contributed by atoms with E-state index in [4.69, 9.17) is 4.42 Å². The molecule has 2 heterocycles. The van der Waals surface area contributed by atoms with Crippen LogP contribution in [-0.4, -0.2) is 4.57 Å². The molecular weight excluding hydrogens is 727 g/mol. The van der Waals surface area contributed by atoms with Crippen LogP contribution >= 0.6 is 0 Å². The van der Waals surface area contributed by atoms with E-state index in [-0.39, 0.29) is 0 Å². The zero-order chi connectivity index (χ0) is 39.3. The Morgan fingerprint density at radius 2 is 0.850 bits per heavy atom. The van der Waals surface area contributed by atoms with Crippen molar-refractivity contribution in [3.63, 3.8) is 0 Å². The summed E-state index contributed by atoms with van der Waals surface area (Å²) in [4.78, 5) is 0. The first-order valence-corrected chi connectivity index (χ1v) is 20.7. The normalized spacial score (nSPS) is 12.0. The third-order valence-corrected chi connectivity index (χ3v) is 12.8. The van der Waals surface area contributed by atoms with Crippen LogP contribution in [0.2, 0.25) is 0 Å². The van der Waals surface area contributed by atoms with Crippen molar-refractivity contribution in [3.8, 4) is 50.2 Å². The van der Waals surface area contributed by atoms with Crippen molar-refractivity contribution in [2.24, 2.45) is 0 Å². The van der Waals surface area contributed by atoms with E-state index in [0.29, 0.717) is 0 Å². The molecule has 0 amide bonds. The van der Waals surface area contributed by atoms with Crippen molar-refractivity contribution in [2.75, 3.05) is 0 Å². The Morgan fingerprint density at radius 3 is 1.55 bits per heavy atom. The molecule has 13 rings (SSSR count). The molecule has 0 spiro atoms. The van der Waals surface area contributed by atoms with E-state index in [1.54, 1.807) is 0 Å². The van der Waals surface area contributed by atoms with Gasteiger partial charge < -0.3 is 8.98 Å². The first-order valence-electron chi connectivity index (χ1n) is 20.7. The summed E-state index contributed by atoms with van der Waals surface area (Å²) >= 11 is 0. The molecule has 2 nitrogen and oxygen atoms in total. The van der Waals surface area contributed by atoms with Crippen LogP contribution in [0.4, 0.5) is 0 Å². The summed E-state index contributed by atoms with van der Waals surface area (Å²) < 4.78 is 9.01. The average Bonchev–Trinajstić information content (AvgIpc) is 3.87. The molecule has 0 saturated carbocycles. The molecule has 0 radical (unpaired) electrons. The summed E-state index contributed by atoms with van der Waals surface area (Å²) in [6, 6.07) is 77.5. The van der Waals surface area contributed by atoms with Gasteiger partial charge >= 0.3 is 0 Å². The van der Waals surface area contributed by atoms with Gasteiger partial charge in [0.1, 0.15) is 5.58 Å². The zero-order valence-corrected chi connectivity index (χ0v) is 32.6. The molecule has 0 aliphatic carbocycles. The molecule has 278 valence electrons. The number of aromatic nitrogens is 1. The third-order valence-electron chi connectivity index (χ3n) is 12.8. The molecule has 13 aromatic rings. The standard InChI is InChI=1S/C58H35NO/c1-3-12-36(13-4-1)43-18-11-19-44(37-14-5-2-6-15-37)56(43)49-33-27-40-25-31-47-42(30-24-39-26-32-48(49)55(40)54(39)47)38-22-28-41(29-23-38)59-52-20-9-7-16-45(52)50-34-35-51-46-17-8-10-21-53(46)60-58(51)57(50)59/h1-35H. The van der Waals surface area contributed by atoms with E-state index in [0.717, 1.165) is 38.7 Å². The number of hydrogen-bond acceptors (Lipinski definition) is 1. The summed E-state index contributed by atoms with van der Waals surface area (Å²) in [6.45, 7) is 0. The number of nitrogens with zero attached hydrogens (tertiary/aromatic N) is 1. The minimum Gasteiger partial charge on any atom is -0.454 e. The van der Waals surface area contributed by atoms with Crippen LogP contribution in [0, 0.1) is 0 Å². The minimum absolute atomic E-state index is 0.908. The van der Waals surface area contributed by atoms with Crippen molar-refractivity contribution in [1.82, 2.24) is 4.57 Å². The predicted octanol–water partition coefficient (Wildman–Crippen LogP) is 16.2. The molecule has 60 heavy (non-hydrogen) atoms. The largest absolute Gasteiger partial charge is 0.454 e. The maximum absolute atomic E-state index is 6.63. The second-order valence-corrected chi connectivity index (χ2v) is 15.9. The summed E-state index contributed by atoms with van der Waals surface area (Å²) in [6.07, 6.45) is 0. The van der Waals surface area contributed by atoms with Crippen molar-refractivity contribution >= 4 is 76.1 Å². The fourth-order valence-electron chi connectivity index (χ4n) is 10.1. The minimum atomic E-state index is 0.908. The van der Waals surface area contributed by atoms with Crippen LogP contribution in [0.3, 0.4) is 0 Å².